The molecule has 0 saturated heterocycles. The maximum Gasteiger partial charge on any atom is 0.329 e. The SMILES string of the molecule is Nc1c([N+](=O)[O-])cc([N+](=O)[O-])c(Nc2ccc(S(N)(=O)=O)cc2)c1[N+](=O)[O-]. The highest BCUT2D eigenvalue weighted by molar-refractivity contribution is 7.89. The highest BCUT2D eigenvalue weighted by Gasteiger charge is 2.35. The van der Waals surface area contributed by atoms with E-state index in [0.29, 0.717) is 6.07 Å². The Balaban J connectivity index is 2.68. The van der Waals surface area contributed by atoms with Gasteiger partial charge >= 0.3 is 17.1 Å². The summed E-state index contributed by atoms with van der Waals surface area (Å²) in [5, 5.41) is 40.8. The Morgan fingerprint density at radius 2 is 1.41 bits per heavy atom. The van der Waals surface area contributed by atoms with Crippen LogP contribution in [-0.4, -0.2) is 23.2 Å². The van der Waals surface area contributed by atoms with Crippen molar-refractivity contribution in [2.24, 2.45) is 5.14 Å². The molecule has 14 nitrogen and oxygen atoms in total. The van der Waals surface area contributed by atoms with Crippen LogP contribution >= 0.6 is 0 Å². The van der Waals surface area contributed by atoms with Crippen molar-refractivity contribution in [1.82, 2.24) is 0 Å². The van der Waals surface area contributed by atoms with E-state index in [0.717, 1.165) is 24.3 Å². The Kier molecular flexibility index (Phi) is 4.91. The Morgan fingerprint density at radius 3 is 1.81 bits per heavy atom. The van der Waals surface area contributed by atoms with Crippen LogP contribution in [0.4, 0.5) is 34.1 Å². The molecular weight excluding hydrogens is 388 g/mol. The van der Waals surface area contributed by atoms with Crippen molar-refractivity contribution in [2.45, 2.75) is 4.90 Å². The van der Waals surface area contributed by atoms with Crippen molar-refractivity contribution in [3.63, 3.8) is 0 Å². The fourth-order valence-electron chi connectivity index (χ4n) is 2.14. The first-order chi connectivity index (χ1) is 12.4. The van der Waals surface area contributed by atoms with Gasteiger partial charge in [0.05, 0.1) is 25.7 Å². The molecule has 2 aromatic carbocycles. The third-order valence-corrected chi connectivity index (χ3v) is 4.25. The fraction of sp³-hybridized carbons (Fsp3) is 0. The standard InChI is InChI=1S/C12H10N6O8S/c13-10-8(16(19)20)5-9(17(21)22)11(12(10)18(23)24)15-6-1-3-7(4-2-6)27(14,25)26/h1-5,15H,13H2,(H2,14,25,26). The summed E-state index contributed by atoms with van der Waals surface area (Å²) >= 11 is 0. The van der Waals surface area contributed by atoms with E-state index in [1.807, 2.05) is 0 Å². The average molecular weight is 398 g/mol. The van der Waals surface area contributed by atoms with Crippen LogP contribution in [0.2, 0.25) is 0 Å². The predicted octanol–water partition coefficient (Wildman–Crippen LogP) is 1.38. The number of nitro groups is 3. The number of nitrogens with one attached hydrogen (secondary N) is 1. The van der Waals surface area contributed by atoms with Gasteiger partial charge in [-0.05, 0) is 24.3 Å². The van der Waals surface area contributed by atoms with Crippen molar-refractivity contribution in [3.05, 3.63) is 60.7 Å². The molecule has 0 aromatic heterocycles. The largest absolute Gasteiger partial charge is 0.387 e. The molecule has 5 N–H and O–H groups in total. The van der Waals surface area contributed by atoms with Gasteiger partial charge in [0, 0.05) is 5.69 Å². The monoisotopic (exact) mass is 398 g/mol. The van der Waals surface area contributed by atoms with Crippen LogP contribution in [-0.2, 0) is 10.0 Å². The third-order valence-electron chi connectivity index (χ3n) is 3.33. The Morgan fingerprint density at radius 1 is 0.889 bits per heavy atom. The van der Waals surface area contributed by atoms with E-state index in [1.165, 1.54) is 0 Å². The molecule has 0 aliphatic carbocycles. The van der Waals surface area contributed by atoms with Gasteiger partial charge in [0.1, 0.15) is 0 Å². The molecule has 0 spiro atoms. The third kappa shape index (κ3) is 3.88. The summed E-state index contributed by atoms with van der Waals surface area (Å²) < 4.78 is 22.5. The van der Waals surface area contributed by atoms with Crippen LogP contribution in [0.25, 0.3) is 0 Å². The second-order valence-electron chi connectivity index (χ2n) is 5.02. The number of hydrogen-bond acceptors (Lipinski definition) is 10. The molecule has 0 radical (unpaired) electrons. The second-order valence-corrected chi connectivity index (χ2v) is 6.58. The lowest BCUT2D eigenvalue weighted by Crippen LogP contribution is -2.12. The zero-order valence-electron chi connectivity index (χ0n) is 13.1. The summed E-state index contributed by atoms with van der Waals surface area (Å²) in [6.45, 7) is 0. The van der Waals surface area contributed by atoms with Crippen molar-refractivity contribution in [3.8, 4) is 0 Å². The van der Waals surface area contributed by atoms with E-state index in [1.54, 1.807) is 0 Å². The highest BCUT2D eigenvalue weighted by Crippen LogP contribution is 2.45. The molecular formula is C12H10N6O8S. The Labute approximate surface area is 149 Å². The van der Waals surface area contributed by atoms with Crippen LogP contribution in [0.1, 0.15) is 0 Å². The summed E-state index contributed by atoms with van der Waals surface area (Å²) in [5.74, 6) is 0. The summed E-state index contributed by atoms with van der Waals surface area (Å²) in [6, 6.07) is 4.90. The van der Waals surface area contributed by atoms with Crippen molar-refractivity contribution in [2.75, 3.05) is 11.1 Å². The molecule has 0 amide bonds. The number of hydrogen-bond donors (Lipinski definition) is 3. The van der Waals surface area contributed by atoms with Gasteiger partial charge in [-0.2, -0.15) is 0 Å². The van der Waals surface area contributed by atoms with Crippen LogP contribution in [0, 0.1) is 30.3 Å². The van der Waals surface area contributed by atoms with Crippen molar-refractivity contribution in [1.29, 1.82) is 0 Å². The van der Waals surface area contributed by atoms with Gasteiger partial charge < -0.3 is 11.1 Å². The van der Waals surface area contributed by atoms with Gasteiger partial charge in [-0.15, -0.1) is 0 Å². The zero-order chi connectivity index (χ0) is 20.5. The molecule has 2 aromatic rings. The Hall–Kier alpha value is -3.85. The lowest BCUT2D eigenvalue weighted by molar-refractivity contribution is -0.400. The topological polar surface area (TPSA) is 228 Å². The van der Waals surface area contributed by atoms with Crippen LogP contribution in [0.3, 0.4) is 0 Å². The van der Waals surface area contributed by atoms with E-state index in [9.17, 15) is 38.8 Å². The van der Waals surface area contributed by atoms with Gasteiger partial charge in [0.2, 0.25) is 10.0 Å². The van der Waals surface area contributed by atoms with E-state index in [4.69, 9.17) is 10.9 Å². The molecule has 0 saturated carbocycles. The maximum atomic E-state index is 11.3. The summed E-state index contributed by atoms with van der Waals surface area (Å²) in [7, 11) is -4.00. The van der Waals surface area contributed by atoms with E-state index < -0.39 is 53.2 Å². The number of nitrogens with two attached hydrogens (primary N) is 2. The number of benzene rings is 2. The zero-order valence-corrected chi connectivity index (χ0v) is 13.9. The molecule has 0 aliphatic heterocycles. The predicted molar refractivity (Wildman–Crippen MR) is 91.9 cm³/mol. The first kappa shape index (κ1) is 19.5. The van der Waals surface area contributed by atoms with Gasteiger partial charge in [-0.3, -0.25) is 30.3 Å². The number of nitro benzene ring substituents is 3. The van der Waals surface area contributed by atoms with E-state index in [-0.39, 0.29) is 10.6 Å². The van der Waals surface area contributed by atoms with Crippen molar-refractivity contribution >= 4 is 44.1 Å². The number of sulfonamides is 1. The van der Waals surface area contributed by atoms with Gasteiger partial charge in [-0.25, -0.2) is 13.6 Å². The minimum absolute atomic E-state index is 0.0156. The Bertz CT molecular complexity index is 1070. The fourth-order valence-corrected chi connectivity index (χ4v) is 2.65. The van der Waals surface area contributed by atoms with Gasteiger partial charge in [-0.1, -0.05) is 0 Å². The normalized spacial score (nSPS) is 11.0. The first-order valence-electron chi connectivity index (χ1n) is 6.73. The number of anilines is 3. The molecule has 0 aliphatic rings. The molecule has 27 heavy (non-hydrogen) atoms. The highest BCUT2D eigenvalue weighted by atomic mass is 32.2. The van der Waals surface area contributed by atoms with Crippen LogP contribution in [0.15, 0.2) is 35.2 Å². The van der Waals surface area contributed by atoms with E-state index in [2.05, 4.69) is 5.32 Å². The summed E-state index contributed by atoms with van der Waals surface area (Å²) in [6.07, 6.45) is 0. The lowest BCUT2D eigenvalue weighted by atomic mass is 10.1. The average Bonchev–Trinajstić information content (AvgIpc) is 2.53. The number of nitrogen functional groups attached to an aromatic ring is 1. The van der Waals surface area contributed by atoms with Gasteiger partial charge in [0.15, 0.2) is 11.4 Å². The summed E-state index contributed by atoms with van der Waals surface area (Å²) in [4.78, 5) is 30.0. The van der Waals surface area contributed by atoms with Crippen LogP contribution in [0.5, 0.6) is 0 Å². The number of rotatable bonds is 6. The van der Waals surface area contributed by atoms with Crippen molar-refractivity contribution < 1.29 is 23.2 Å². The number of nitrogens with zero attached hydrogens (tertiary/aromatic N) is 3. The minimum Gasteiger partial charge on any atom is -0.387 e. The second kappa shape index (κ2) is 6.81. The molecule has 0 bridgehead atoms. The molecule has 2 rings (SSSR count). The minimum atomic E-state index is -4.00. The molecule has 0 unspecified atom stereocenters. The first-order valence-corrected chi connectivity index (χ1v) is 8.27. The van der Waals surface area contributed by atoms with E-state index >= 15 is 0 Å². The lowest BCUT2D eigenvalue weighted by Gasteiger charge is -2.10. The van der Waals surface area contributed by atoms with Gasteiger partial charge in [0.25, 0.3) is 0 Å². The molecule has 0 fully saturated rings. The molecule has 0 atom stereocenters. The molecule has 15 heteroatoms. The van der Waals surface area contributed by atoms with Crippen LogP contribution < -0.4 is 16.2 Å². The molecule has 142 valence electrons. The smallest absolute Gasteiger partial charge is 0.329 e. The number of primary sulfonamides is 1. The summed E-state index contributed by atoms with van der Waals surface area (Å²) in [5.41, 5.74) is 0.870. The molecule has 0 heterocycles. The maximum absolute atomic E-state index is 11.3. The quantitative estimate of drug-likeness (QED) is 0.359.